The highest BCUT2D eigenvalue weighted by Gasteiger charge is 2.48. The van der Waals surface area contributed by atoms with Crippen LogP contribution < -0.4 is 10.2 Å². The maximum Gasteiger partial charge on any atom is 0.244 e. The molecule has 27 heavy (non-hydrogen) atoms. The summed E-state index contributed by atoms with van der Waals surface area (Å²) >= 11 is 0. The highest BCUT2D eigenvalue weighted by atomic mass is 16.2. The first-order chi connectivity index (χ1) is 13.2. The molecule has 1 aliphatic heterocycles. The van der Waals surface area contributed by atoms with Crippen LogP contribution in [0.3, 0.4) is 0 Å². The number of amides is 2. The summed E-state index contributed by atoms with van der Waals surface area (Å²) < 4.78 is 0. The summed E-state index contributed by atoms with van der Waals surface area (Å²) in [4.78, 5) is 26.1. The average Bonchev–Trinajstić information content (AvgIpc) is 3.09. The van der Waals surface area contributed by atoms with Gasteiger partial charge in [-0.05, 0) is 86.0 Å². The van der Waals surface area contributed by atoms with Crippen LogP contribution >= 0.6 is 0 Å². The van der Waals surface area contributed by atoms with E-state index in [1.807, 2.05) is 35.2 Å². The van der Waals surface area contributed by atoms with Gasteiger partial charge in [0.05, 0.1) is 0 Å². The van der Waals surface area contributed by atoms with Gasteiger partial charge in [-0.3, -0.25) is 9.59 Å². The van der Waals surface area contributed by atoms with Crippen molar-refractivity contribution in [3.05, 3.63) is 35.9 Å². The minimum Gasteiger partial charge on any atom is -0.349 e. The number of carbonyl (C=O) groups is 2. The number of nitrogens with zero attached hydrogens (tertiary/aromatic N) is 1. The zero-order chi connectivity index (χ0) is 18.4. The van der Waals surface area contributed by atoms with Crippen molar-refractivity contribution in [1.29, 1.82) is 0 Å². The smallest absolute Gasteiger partial charge is 0.244 e. The van der Waals surface area contributed by atoms with Crippen molar-refractivity contribution >= 4 is 23.6 Å². The second kappa shape index (κ2) is 6.81. The predicted molar refractivity (Wildman–Crippen MR) is 106 cm³/mol. The normalized spacial score (nSPS) is 34.6. The Bertz CT molecular complexity index is 739. The van der Waals surface area contributed by atoms with Gasteiger partial charge in [0.1, 0.15) is 0 Å². The third kappa shape index (κ3) is 3.30. The summed E-state index contributed by atoms with van der Waals surface area (Å²) in [7, 11) is 0. The number of hydrogen-bond donors (Lipinski definition) is 1. The SMILES string of the molecule is O=C(/C=C/c1ccc(N2CCCC2=O)cc1)NC1C2CC3CC(C2)CC1C3. The molecule has 0 atom stereocenters. The molecule has 0 aromatic heterocycles. The third-order valence-corrected chi connectivity index (χ3v) is 7.24. The summed E-state index contributed by atoms with van der Waals surface area (Å²) in [6, 6.07) is 8.29. The summed E-state index contributed by atoms with van der Waals surface area (Å²) in [5, 5.41) is 3.32. The summed E-state index contributed by atoms with van der Waals surface area (Å²) in [5.41, 5.74) is 1.94. The lowest BCUT2D eigenvalue weighted by Crippen LogP contribution is -2.55. The van der Waals surface area contributed by atoms with E-state index in [1.165, 1.54) is 32.1 Å². The molecule has 4 saturated carbocycles. The van der Waals surface area contributed by atoms with Crippen LogP contribution in [0.15, 0.2) is 30.3 Å². The standard InChI is InChI=1S/C23H28N2O2/c26-21(24-23-18-11-16-10-17(13-18)14-19(23)12-16)8-5-15-3-6-20(7-4-15)25-9-1-2-22(25)27/h3-8,16-19,23H,1-2,9-14H2,(H,24,26)/b8-5+. The van der Waals surface area contributed by atoms with Crippen LogP contribution in [0.5, 0.6) is 0 Å². The molecular formula is C23H28N2O2. The Morgan fingerprint density at radius 3 is 2.26 bits per heavy atom. The quantitative estimate of drug-likeness (QED) is 0.827. The number of benzene rings is 1. The predicted octanol–water partition coefficient (Wildman–Crippen LogP) is 3.77. The van der Waals surface area contributed by atoms with Crippen LogP contribution in [-0.4, -0.2) is 24.4 Å². The fourth-order valence-electron chi connectivity index (χ4n) is 6.23. The maximum absolute atomic E-state index is 12.5. The second-order valence-corrected chi connectivity index (χ2v) is 9.04. The van der Waals surface area contributed by atoms with Crippen molar-refractivity contribution in [1.82, 2.24) is 5.32 Å². The Morgan fingerprint density at radius 2 is 1.67 bits per heavy atom. The van der Waals surface area contributed by atoms with Crippen molar-refractivity contribution in [2.24, 2.45) is 23.7 Å². The molecule has 4 aliphatic carbocycles. The molecule has 1 saturated heterocycles. The molecule has 5 fully saturated rings. The van der Waals surface area contributed by atoms with Crippen LogP contribution in [0.25, 0.3) is 6.08 Å². The minimum atomic E-state index is 0.0336. The van der Waals surface area contributed by atoms with Crippen LogP contribution in [0.1, 0.15) is 50.5 Å². The first-order valence-electron chi connectivity index (χ1n) is 10.5. The maximum atomic E-state index is 12.5. The van der Waals surface area contributed by atoms with E-state index < -0.39 is 0 Å². The van der Waals surface area contributed by atoms with Gasteiger partial charge < -0.3 is 10.2 Å². The fraction of sp³-hybridized carbons (Fsp3) is 0.565. The number of hydrogen-bond acceptors (Lipinski definition) is 2. The monoisotopic (exact) mass is 364 g/mol. The number of nitrogens with one attached hydrogen (secondary N) is 1. The average molecular weight is 364 g/mol. The minimum absolute atomic E-state index is 0.0336. The Morgan fingerprint density at radius 1 is 1.00 bits per heavy atom. The molecule has 5 aliphatic rings. The van der Waals surface area contributed by atoms with Crippen LogP contribution in [0, 0.1) is 23.7 Å². The van der Waals surface area contributed by atoms with E-state index in [2.05, 4.69) is 5.32 Å². The van der Waals surface area contributed by atoms with Crippen LogP contribution in [0.4, 0.5) is 5.69 Å². The summed E-state index contributed by atoms with van der Waals surface area (Å²) in [6.45, 7) is 0.807. The van der Waals surface area contributed by atoms with Crippen molar-refractivity contribution in [2.45, 2.75) is 51.0 Å². The van der Waals surface area contributed by atoms with Gasteiger partial charge in [0.25, 0.3) is 0 Å². The molecule has 142 valence electrons. The van der Waals surface area contributed by atoms with Crippen molar-refractivity contribution in [3.8, 4) is 0 Å². The molecule has 4 heteroatoms. The Kier molecular flexibility index (Phi) is 4.30. The van der Waals surface area contributed by atoms with Crippen LogP contribution in [-0.2, 0) is 9.59 Å². The first-order valence-corrected chi connectivity index (χ1v) is 10.5. The molecule has 2 amide bonds. The lowest BCUT2D eigenvalue weighted by molar-refractivity contribution is -0.120. The van der Waals surface area contributed by atoms with Crippen molar-refractivity contribution in [2.75, 3.05) is 11.4 Å². The van der Waals surface area contributed by atoms with E-state index in [0.717, 1.165) is 36.1 Å². The van der Waals surface area contributed by atoms with E-state index in [9.17, 15) is 9.59 Å². The number of carbonyl (C=O) groups excluding carboxylic acids is 2. The molecule has 4 nitrogen and oxygen atoms in total. The van der Waals surface area contributed by atoms with Gasteiger partial charge in [0.15, 0.2) is 0 Å². The van der Waals surface area contributed by atoms with Gasteiger partial charge in [0.2, 0.25) is 11.8 Å². The fourth-order valence-corrected chi connectivity index (χ4v) is 6.23. The highest BCUT2D eigenvalue weighted by Crippen LogP contribution is 2.53. The molecule has 0 unspecified atom stereocenters. The Balaban J connectivity index is 1.20. The molecular weight excluding hydrogens is 336 g/mol. The molecule has 1 heterocycles. The molecule has 4 bridgehead atoms. The summed E-state index contributed by atoms with van der Waals surface area (Å²) in [5.74, 6) is 3.50. The van der Waals surface area contributed by atoms with Crippen molar-refractivity contribution in [3.63, 3.8) is 0 Å². The number of anilines is 1. The highest BCUT2D eigenvalue weighted by molar-refractivity contribution is 5.95. The van der Waals surface area contributed by atoms with Crippen LogP contribution in [0.2, 0.25) is 0 Å². The Hall–Kier alpha value is -2.10. The zero-order valence-electron chi connectivity index (χ0n) is 15.8. The van der Waals surface area contributed by atoms with E-state index in [-0.39, 0.29) is 11.8 Å². The Labute approximate surface area is 161 Å². The first kappa shape index (κ1) is 17.0. The molecule has 1 aromatic rings. The van der Waals surface area contributed by atoms with E-state index in [1.54, 1.807) is 6.08 Å². The van der Waals surface area contributed by atoms with Gasteiger partial charge in [0, 0.05) is 30.8 Å². The molecule has 1 N–H and O–H groups in total. The molecule has 6 rings (SSSR count). The molecule has 1 aromatic carbocycles. The van der Waals surface area contributed by atoms with Gasteiger partial charge >= 0.3 is 0 Å². The largest absolute Gasteiger partial charge is 0.349 e. The molecule has 0 radical (unpaired) electrons. The van der Waals surface area contributed by atoms with Crippen molar-refractivity contribution < 1.29 is 9.59 Å². The van der Waals surface area contributed by atoms with E-state index in [4.69, 9.17) is 0 Å². The third-order valence-electron chi connectivity index (χ3n) is 7.24. The van der Waals surface area contributed by atoms with Gasteiger partial charge in [-0.15, -0.1) is 0 Å². The zero-order valence-corrected chi connectivity index (χ0v) is 15.8. The van der Waals surface area contributed by atoms with Gasteiger partial charge in [-0.1, -0.05) is 12.1 Å². The molecule has 0 spiro atoms. The summed E-state index contributed by atoms with van der Waals surface area (Å²) in [6.07, 6.45) is 11.8. The van der Waals surface area contributed by atoms with Gasteiger partial charge in [-0.25, -0.2) is 0 Å². The number of rotatable bonds is 4. The lowest BCUT2D eigenvalue weighted by Gasteiger charge is -2.54. The van der Waals surface area contributed by atoms with E-state index >= 15 is 0 Å². The second-order valence-electron chi connectivity index (χ2n) is 9.04. The lowest BCUT2D eigenvalue weighted by atomic mass is 9.54. The topological polar surface area (TPSA) is 49.4 Å². The van der Waals surface area contributed by atoms with E-state index in [0.29, 0.717) is 24.3 Å². The van der Waals surface area contributed by atoms with Gasteiger partial charge in [-0.2, -0.15) is 0 Å².